The van der Waals surface area contributed by atoms with Crippen LogP contribution in [0.2, 0.25) is 0 Å². The van der Waals surface area contributed by atoms with Gasteiger partial charge < -0.3 is 0 Å². The molecule has 0 aromatic carbocycles. The van der Waals surface area contributed by atoms with Crippen molar-refractivity contribution < 1.29 is 0 Å². The van der Waals surface area contributed by atoms with Gasteiger partial charge in [0.15, 0.2) is 0 Å². The van der Waals surface area contributed by atoms with E-state index in [0.717, 1.165) is 29.6 Å². The fourth-order valence-electron chi connectivity index (χ4n) is 5.58. The molecular formula is C17H30. The van der Waals surface area contributed by atoms with Crippen LogP contribution in [0.25, 0.3) is 0 Å². The third-order valence-corrected chi connectivity index (χ3v) is 7.04. The van der Waals surface area contributed by atoms with Crippen molar-refractivity contribution in [3.05, 3.63) is 0 Å². The smallest absolute Gasteiger partial charge is 0.0297 e. The summed E-state index contributed by atoms with van der Waals surface area (Å²) in [6.07, 6.45) is 12.3. The van der Waals surface area contributed by atoms with Crippen LogP contribution in [-0.4, -0.2) is 0 Å². The van der Waals surface area contributed by atoms with E-state index in [2.05, 4.69) is 20.8 Å². The summed E-state index contributed by atoms with van der Waals surface area (Å²) in [7, 11) is 0. The zero-order valence-electron chi connectivity index (χ0n) is 12.0. The summed E-state index contributed by atoms with van der Waals surface area (Å²) in [6.45, 7) is 7.64. The third kappa shape index (κ3) is 1.87. The molecule has 3 rings (SSSR count). The standard InChI is InChI=1S/C17H30/c1-12-8-10-15-14-7-5-4-6-13(14)9-11-16(15)17(12,2)3/h12-16H,4-11H2,1-3H3. The second-order valence-corrected chi connectivity index (χ2v) is 7.86. The molecule has 0 heterocycles. The summed E-state index contributed by atoms with van der Waals surface area (Å²) < 4.78 is 0. The number of rotatable bonds is 0. The Kier molecular flexibility index (Phi) is 3.04. The quantitative estimate of drug-likeness (QED) is 0.535. The van der Waals surface area contributed by atoms with Crippen molar-refractivity contribution in [2.24, 2.45) is 35.0 Å². The van der Waals surface area contributed by atoms with Gasteiger partial charge in [-0.2, -0.15) is 0 Å². The van der Waals surface area contributed by atoms with Gasteiger partial charge in [0.2, 0.25) is 0 Å². The molecule has 17 heavy (non-hydrogen) atoms. The summed E-state index contributed by atoms with van der Waals surface area (Å²) in [5.41, 5.74) is 0.616. The van der Waals surface area contributed by atoms with E-state index in [9.17, 15) is 0 Å². The van der Waals surface area contributed by atoms with Crippen LogP contribution < -0.4 is 0 Å². The first-order valence-corrected chi connectivity index (χ1v) is 8.10. The third-order valence-electron chi connectivity index (χ3n) is 7.04. The van der Waals surface area contributed by atoms with Gasteiger partial charge in [0.1, 0.15) is 0 Å². The van der Waals surface area contributed by atoms with Crippen molar-refractivity contribution in [3.8, 4) is 0 Å². The molecule has 0 aromatic heterocycles. The Hall–Kier alpha value is 0. The van der Waals surface area contributed by atoms with Gasteiger partial charge in [0.05, 0.1) is 0 Å². The van der Waals surface area contributed by atoms with Crippen LogP contribution in [-0.2, 0) is 0 Å². The number of hydrogen-bond acceptors (Lipinski definition) is 0. The molecule has 3 aliphatic rings. The van der Waals surface area contributed by atoms with Gasteiger partial charge in [-0.15, -0.1) is 0 Å². The van der Waals surface area contributed by atoms with Crippen molar-refractivity contribution in [1.29, 1.82) is 0 Å². The molecule has 0 bridgehead atoms. The first kappa shape index (κ1) is 12.1. The topological polar surface area (TPSA) is 0 Å². The lowest BCUT2D eigenvalue weighted by atomic mass is 9.49. The number of hydrogen-bond donors (Lipinski definition) is 0. The van der Waals surface area contributed by atoms with E-state index in [1.807, 2.05) is 0 Å². The normalized spacial score (nSPS) is 49.2. The van der Waals surface area contributed by atoms with E-state index in [1.165, 1.54) is 19.3 Å². The first-order valence-electron chi connectivity index (χ1n) is 8.10. The monoisotopic (exact) mass is 234 g/mol. The van der Waals surface area contributed by atoms with Crippen LogP contribution in [0.1, 0.15) is 72.1 Å². The van der Waals surface area contributed by atoms with E-state index in [0.29, 0.717) is 5.41 Å². The fraction of sp³-hybridized carbons (Fsp3) is 1.00. The lowest BCUT2D eigenvalue weighted by Crippen LogP contribution is -2.48. The van der Waals surface area contributed by atoms with E-state index in [-0.39, 0.29) is 0 Å². The molecule has 0 heteroatoms. The molecule has 0 spiro atoms. The minimum Gasteiger partial charge on any atom is -0.0620 e. The van der Waals surface area contributed by atoms with Gasteiger partial charge in [-0.25, -0.2) is 0 Å². The lowest BCUT2D eigenvalue weighted by molar-refractivity contribution is -0.0655. The van der Waals surface area contributed by atoms with Crippen molar-refractivity contribution in [2.75, 3.05) is 0 Å². The molecule has 98 valence electrons. The molecule has 3 aliphatic carbocycles. The Balaban J connectivity index is 1.82. The average molecular weight is 234 g/mol. The van der Waals surface area contributed by atoms with Crippen LogP contribution in [0.5, 0.6) is 0 Å². The maximum Gasteiger partial charge on any atom is -0.0297 e. The van der Waals surface area contributed by atoms with E-state index in [4.69, 9.17) is 0 Å². The number of fused-ring (bicyclic) bond motifs is 3. The Morgan fingerprint density at radius 2 is 1.53 bits per heavy atom. The molecule has 0 radical (unpaired) electrons. The maximum atomic E-state index is 2.57. The molecular weight excluding hydrogens is 204 g/mol. The second-order valence-electron chi connectivity index (χ2n) is 7.86. The van der Waals surface area contributed by atoms with Gasteiger partial charge in [-0.05, 0) is 67.1 Å². The summed E-state index contributed by atoms with van der Waals surface area (Å²) in [4.78, 5) is 0. The van der Waals surface area contributed by atoms with E-state index >= 15 is 0 Å². The summed E-state index contributed by atoms with van der Waals surface area (Å²) in [5.74, 6) is 5.33. The molecule has 0 N–H and O–H groups in total. The molecule has 5 atom stereocenters. The SMILES string of the molecule is CC1CCC2C3CCCCC3CCC2C1(C)C. The van der Waals surface area contributed by atoms with E-state index < -0.39 is 0 Å². The van der Waals surface area contributed by atoms with Gasteiger partial charge in [0, 0.05) is 0 Å². The maximum absolute atomic E-state index is 2.57. The van der Waals surface area contributed by atoms with Crippen molar-refractivity contribution >= 4 is 0 Å². The average Bonchev–Trinajstić information content (AvgIpc) is 2.33. The molecule has 3 fully saturated rings. The highest BCUT2D eigenvalue weighted by Crippen LogP contribution is 2.58. The highest BCUT2D eigenvalue weighted by Gasteiger charge is 2.49. The van der Waals surface area contributed by atoms with Crippen molar-refractivity contribution in [1.82, 2.24) is 0 Å². The minimum atomic E-state index is 0.616. The predicted octanol–water partition coefficient (Wildman–Crippen LogP) is 5.28. The Bertz CT molecular complexity index is 278. The lowest BCUT2D eigenvalue weighted by Gasteiger charge is -2.56. The molecule has 0 saturated heterocycles. The zero-order chi connectivity index (χ0) is 12.0. The summed E-state index contributed by atoms with van der Waals surface area (Å²) in [5, 5.41) is 0. The summed E-state index contributed by atoms with van der Waals surface area (Å²) in [6, 6.07) is 0. The minimum absolute atomic E-state index is 0.616. The second kappa shape index (κ2) is 4.28. The van der Waals surface area contributed by atoms with Crippen LogP contribution in [0, 0.1) is 35.0 Å². The van der Waals surface area contributed by atoms with Crippen LogP contribution in [0.3, 0.4) is 0 Å². The molecule has 3 saturated carbocycles. The molecule has 5 unspecified atom stereocenters. The van der Waals surface area contributed by atoms with Gasteiger partial charge in [-0.1, -0.05) is 40.0 Å². The van der Waals surface area contributed by atoms with Crippen molar-refractivity contribution in [2.45, 2.75) is 72.1 Å². The van der Waals surface area contributed by atoms with Gasteiger partial charge in [0.25, 0.3) is 0 Å². The molecule has 0 nitrogen and oxygen atoms in total. The zero-order valence-corrected chi connectivity index (χ0v) is 12.0. The summed E-state index contributed by atoms with van der Waals surface area (Å²) >= 11 is 0. The molecule has 0 aromatic rings. The highest BCUT2D eigenvalue weighted by molar-refractivity contribution is 4.99. The fourth-order valence-corrected chi connectivity index (χ4v) is 5.58. The highest BCUT2D eigenvalue weighted by atomic mass is 14.5. The molecule has 0 aliphatic heterocycles. The molecule has 0 amide bonds. The van der Waals surface area contributed by atoms with Crippen LogP contribution in [0.4, 0.5) is 0 Å². The Morgan fingerprint density at radius 1 is 0.765 bits per heavy atom. The van der Waals surface area contributed by atoms with Crippen LogP contribution in [0.15, 0.2) is 0 Å². The van der Waals surface area contributed by atoms with Gasteiger partial charge >= 0.3 is 0 Å². The Labute approximate surface area is 108 Å². The van der Waals surface area contributed by atoms with Gasteiger partial charge in [-0.3, -0.25) is 0 Å². The first-order chi connectivity index (χ1) is 8.10. The largest absolute Gasteiger partial charge is 0.0620 e. The van der Waals surface area contributed by atoms with E-state index in [1.54, 1.807) is 32.1 Å². The Morgan fingerprint density at radius 3 is 2.35 bits per heavy atom. The van der Waals surface area contributed by atoms with Crippen LogP contribution >= 0.6 is 0 Å². The predicted molar refractivity (Wildman–Crippen MR) is 73.8 cm³/mol. The van der Waals surface area contributed by atoms with Crippen molar-refractivity contribution in [3.63, 3.8) is 0 Å².